The largest absolute Gasteiger partial charge is 0.416 e. The van der Waals surface area contributed by atoms with Gasteiger partial charge in [-0.05, 0) is 41.8 Å². The van der Waals surface area contributed by atoms with Gasteiger partial charge in [0.15, 0.2) is 0 Å². The Kier molecular flexibility index (Phi) is 7.84. The van der Waals surface area contributed by atoms with E-state index in [0.29, 0.717) is 29.7 Å². The van der Waals surface area contributed by atoms with E-state index in [0.717, 1.165) is 18.6 Å². The zero-order valence-corrected chi connectivity index (χ0v) is 19.3. The van der Waals surface area contributed by atoms with Gasteiger partial charge in [-0.1, -0.05) is 42.5 Å². The van der Waals surface area contributed by atoms with Crippen molar-refractivity contribution in [3.05, 3.63) is 102 Å². The van der Waals surface area contributed by atoms with Crippen LogP contribution in [0.15, 0.2) is 85.2 Å². The quantitative estimate of drug-likeness (QED) is 0.299. The third-order valence-electron chi connectivity index (χ3n) is 5.32. The molecule has 0 atom stereocenters. The Balaban J connectivity index is 1.35. The van der Waals surface area contributed by atoms with Crippen LogP contribution < -0.4 is 16.0 Å². The normalized spacial score (nSPS) is 11.2. The molecule has 7 nitrogen and oxygen atoms in total. The van der Waals surface area contributed by atoms with Gasteiger partial charge in [0.05, 0.1) is 12.1 Å². The molecule has 2 heterocycles. The Bertz CT molecular complexity index is 1260. The van der Waals surface area contributed by atoms with Gasteiger partial charge in [-0.3, -0.25) is 4.79 Å². The molecule has 0 fully saturated rings. The second-order valence-electron chi connectivity index (χ2n) is 8.01. The number of nitrogens with zero attached hydrogens (tertiary/aromatic N) is 3. The Morgan fingerprint density at radius 2 is 1.58 bits per heavy atom. The average molecular weight is 495 g/mol. The maximum Gasteiger partial charge on any atom is 0.416 e. The Hall–Kier alpha value is -4.34. The van der Waals surface area contributed by atoms with E-state index in [1.807, 2.05) is 47.3 Å². The van der Waals surface area contributed by atoms with Gasteiger partial charge in [-0.25, -0.2) is 0 Å². The second-order valence-corrected chi connectivity index (χ2v) is 8.01. The molecule has 2 aromatic heterocycles. The van der Waals surface area contributed by atoms with Gasteiger partial charge in [0.1, 0.15) is 11.6 Å². The minimum absolute atomic E-state index is 0.0633. The molecule has 4 rings (SSSR count). The van der Waals surface area contributed by atoms with Crippen molar-refractivity contribution < 1.29 is 18.0 Å². The van der Waals surface area contributed by atoms with Gasteiger partial charge < -0.3 is 20.5 Å². The molecular formula is C26H25F3N6O. The summed E-state index contributed by atoms with van der Waals surface area (Å²) < 4.78 is 39.9. The smallest absolute Gasteiger partial charge is 0.361 e. The molecule has 0 aliphatic heterocycles. The highest BCUT2D eigenvalue weighted by molar-refractivity contribution is 5.80. The summed E-state index contributed by atoms with van der Waals surface area (Å²) in [5, 5.41) is 8.91. The summed E-state index contributed by atoms with van der Waals surface area (Å²) in [5.41, 5.74) is 1.03. The van der Waals surface area contributed by atoms with Gasteiger partial charge >= 0.3 is 6.18 Å². The summed E-state index contributed by atoms with van der Waals surface area (Å²) >= 11 is 0. The molecule has 0 aliphatic rings. The van der Waals surface area contributed by atoms with Gasteiger partial charge in [0.25, 0.3) is 0 Å². The highest BCUT2D eigenvalue weighted by Crippen LogP contribution is 2.29. The highest BCUT2D eigenvalue weighted by Gasteiger charge is 2.29. The predicted molar refractivity (Wildman–Crippen MR) is 132 cm³/mol. The molecule has 0 saturated carbocycles. The van der Waals surface area contributed by atoms with E-state index >= 15 is 0 Å². The van der Waals surface area contributed by atoms with Crippen molar-refractivity contribution in [1.29, 1.82) is 0 Å². The number of carbonyl (C=O) groups excluding carboxylic acids is 1. The Morgan fingerprint density at radius 3 is 2.28 bits per heavy atom. The van der Waals surface area contributed by atoms with E-state index in [2.05, 4.69) is 38.1 Å². The third kappa shape index (κ3) is 7.08. The van der Waals surface area contributed by atoms with Crippen LogP contribution in [0.3, 0.4) is 0 Å². The lowest BCUT2D eigenvalue weighted by Crippen LogP contribution is -2.29. The SMILES string of the molecule is O=C(CNc1cc(-n2cccc2)nc(NCCc2ccccc2)n1)NCc1ccc(C(F)(F)F)cc1. The van der Waals surface area contributed by atoms with Gasteiger partial charge in [0.2, 0.25) is 11.9 Å². The monoisotopic (exact) mass is 494 g/mol. The number of amides is 1. The number of carbonyl (C=O) groups is 1. The first-order valence-corrected chi connectivity index (χ1v) is 11.3. The molecule has 36 heavy (non-hydrogen) atoms. The minimum atomic E-state index is -4.39. The van der Waals surface area contributed by atoms with Crippen molar-refractivity contribution in [2.45, 2.75) is 19.1 Å². The fourth-order valence-corrected chi connectivity index (χ4v) is 3.43. The van der Waals surface area contributed by atoms with Crippen LogP contribution in [0.1, 0.15) is 16.7 Å². The molecule has 4 aromatic rings. The summed E-state index contributed by atoms with van der Waals surface area (Å²) in [7, 11) is 0. The first kappa shape index (κ1) is 24.8. The molecule has 0 spiro atoms. The lowest BCUT2D eigenvalue weighted by molar-refractivity contribution is -0.137. The molecule has 1 amide bonds. The third-order valence-corrected chi connectivity index (χ3v) is 5.32. The maximum atomic E-state index is 12.7. The number of hydrogen-bond donors (Lipinski definition) is 3. The van der Waals surface area contributed by atoms with E-state index in [-0.39, 0.29) is 19.0 Å². The summed E-state index contributed by atoms with van der Waals surface area (Å²) in [6.45, 7) is 0.682. The van der Waals surface area contributed by atoms with E-state index in [1.165, 1.54) is 17.7 Å². The Morgan fingerprint density at radius 1 is 0.861 bits per heavy atom. The average Bonchev–Trinajstić information content (AvgIpc) is 3.42. The fraction of sp³-hybridized carbons (Fsp3) is 0.192. The number of nitrogens with one attached hydrogen (secondary N) is 3. The molecule has 0 unspecified atom stereocenters. The molecule has 3 N–H and O–H groups in total. The zero-order valence-electron chi connectivity index (χ0n) is 19.3. The van der Waals surface area contributed by atoms with E-state index in [4.69, 9.17) is 0 Å². The fourth-order valence-electron chi connectivity index (χ4n) is 3.43. The van der Waals surface area contributed by atoms with Crippen molar-refractivity contribution in [3.63, 3.8) is 0 Å². The summed E-state index contributed by atoms with van der Waals surface area (Å²) in [5.74, 6) is 1.19. The van der Waals surface area contributed by atoms with Gasteiger partial charge in [0, 0.05) is 31.5 Å². The van der Waals surface area contributed by atoms with E-state index in [9.17, 15) is 18.0 Å². The summed E-state index contributed by atoms with van der Waals surface area (Å²) in [4.78, 5) is 21.3. The van der Waals surface area contributed by atoms with Crippen LogP contribution in [0.2, 0.25) is 0 Å². The summed E-state index contributed by atoms with van der Waals surface area (Å²) in [6.07, 6.45) is 0.123. The maximum absolute atomic E-state index is 12.7. The number of benzene rings is 2. The number of halogens is 3. The topological polar surface area (TPSA) is 83.9 Å². The van der Waals surface area contributed by atoms with Crippen LogP contribution in [0, 0.1) is 0 Å². The molecule has 0 radical (unpaired) electrons. The second kappa shape index (κ2) is 11.4. The van der Waals surface area contributed by atoms with E-state index < -0.39 is 11.7 Å². The van der Waals surface area contributed by atoms with Crippen molar-refractivity contribution in [2.75, 3.05) is 23.7 Å². The highest BCUT2D eigenvalue weighted by atomic mass is 19.4. The number of aromatic nitrogens is 3. The van der Waals surface area contributed by atoms with Crippen molar-refractivity contribution in [3.8, 4) is 5.82 Å². The lowest BCUT2D eigenvalue weighted by atomic mass is 10.1. The summed E-state index contributed by atoms with van der Waals surface area (Å²) in [6, 6.07) is 20.2. The molecule has 0 aliphatic carbocycles. The minimum Gasteiger partial charge on any atom is -0.361 e. The van der Waals surface area contributed by atoms with Crippen molar-refractivity contribution >= 4 is 17.7 Å². The van der Waals surface area contributed by atoms with Crippen LogP contribution in [-0.4, -0.2) is 33.5 Å². The zero-order chi connectivity index (χ0) is 25.4. The van der Waals surface area contributed by atoms with Crippen LogP contribution >= 0.6 is 0 Å². The van der Waals surface area contributed by atoms with E-state index in [1.54, 1.807) is 6.07 Å². The molecular weight excluding hydrogens is 469 g/mol. The first-order valence-electron chi connectivity index (χ1n) is 11.3. The lowest BCUT2D eigenvalue weighted by Gasteiger charge is -2.12. The van der Waals surface area contributed by atoms with Crippen LogP contribution in [-0.2, 0) is 23.9 Å². The van der Waals surface area contributed by atoms with Gasteiger partial charge in [-0.15, -0.1) is 0 Å². The van der Waals surface area contributed by atoms with Crippen LogP contribution in [0.5, 0.6) is 0 Å². The number of hydrogen-bond acceptors (Lipinski definition) is 5. The first-order chi connectivity index (χ1) is 17.4. The number of anilines is 2. The molecule has 186 valence electrons. The predicted octanol–water partition coefficient (Wildman–Crippen LogP) is 4.67. The van der Waals surface area contributed by atoms with Crippen LogP contribution in [0.25, 0.3) is 5.82 Å². The molecule has 2 aromatic carbocycles. The number of alkyl halides is 3. The van der Waals surface area contributed by atoms with Crippen molar-refractivity contribution in [1.82, 2.24) is 19.9 Å². The molecule has 0 bridgehead atoms. The standard InChI is InChI=1S/C26H25F3N6O/c27-26(28,29)21-10-8-20(9-11-21)17-32-24(36)18-31-22-16-23(35-14-4-5-15-35)34-25(33-22)30-13-12-19-6-2-1-3-7-19/h1-11,14-16H,12-13,17-18H2,(H,32,36)(H2,30,31,33,34). The van der Waals surface area contributed by atoms with Crippen LogP contribution in [0.4, 0.5) is 24.9 Å². The molecule has 10 heteroatoms. The Labute approximate surface area is 206 Å². The number of rotatable bonds is 10. The van der Waals surface area contributed by atoms with Crippen molar-refractivity contribution in [2.24, 2.45) is 0 Å². The molecule has 0 saturated heterocycles. The van der Waals surface area contributed by atoms with Gasteiger partial charge in [-0.2, -0.15) is 23.1 Å².